The van der Waals surface area contributed by atoms with E-state index in [1.54, 1.807) is 6.07 Å². The van der Waals surface area contributed by atoms with E-state index in [2.05, 4.69) is 9.99 Å². The van der Waals surface area contributed by atoms with Gasteiger partial charge in [0.25, 0.3) is 5.90 Å². The van der Waals surface area contributed by atoms with Crippen LogP contribution in [-0.4, -0.2) is 24.1 Å². The number of benzene rings is 1. The number of oxime groups is 1. The third kappa shape index (κ3) is 5.31. The lowest BCUT2D eigenvalue weighted by Crippen LogP contribution is -2.10. The van der Waals surface area contributed by atoms with Crippen molar-refractivity contribution in [3.63, 3.8) is 0 Å². The van der Waals surface area contributed by atoms with Gasteiger partial charge in [0.1, 0.15) is 12.9 Å². The van der Waals surface area contributed by atoms with Crippen molar-refractivity contribution in [2.75, 3.05) is 13.3 Å². The van der Waals surface area contributed by atoms with Crippen LogP contribution in [0.3, 0.4) is 0 Å². The van der Waals surface area contributed by atoms with Crippen molar-refractivity contribution in [2.45, 2.75) is 20.3 Å². The number of hydrogen-bond acceptors (Lipinski definition) is 4. The van der Waals surface area contributed by atoms with Crippen LogP contribution >= 0.6 is 7.60 Å². The fraction of sp³-hybridized carbons (Fsp3) is 0.462. The van der Waals surface area contributed by atoms with E-state index < -0.39 is 13.4 Å². The maximum absolute atomic E-state index is 13.7. The summed E-state index contributed by atoms with van der Waals surface area (Å²) in [6.45, 7) is 3.86. The first-order valence-corrected chi connectivity index (χ1v) is 7.99. The van der Waals surface area contributed by atoms with Gasteiger partial charge in [-0.3, -0.25) is 0 Å². The van der Waals surface area contributed by atoms with Crippen molar-refractivity contribution in [1.82, 2.24) is 0 Å². The zero-order chi connectivity index (χ0) is 15.2. The lowest BCUT2D eigenvalue weighted by molar-refractivity contribution is 0.204. The van der Waals surface area contributed by atoms with E-state index in [0.717, 1.165) is 0 Å². The summed E-state index contributed by atoms with van der Waals surface area (Å²) in [7, 11) is -2.64. The lowest BCUT2D eigenvalue weighted by atomic mass is 10.2. The molecule has 1 aromatic rings. The minimum absolute atomic E-state index is 0.0202. The van der Waals surface area contributed by atoms with E-state index in [9.17, 15) is 13.8 Å². The Morgan fingerprint density at radius 3 is 2.65 bits per heavy atom. The maximum atomic E-state index is 13.7. The average molecular weight is 303 g/mol. The van der Waals surface area contributed by atoms with E-state index in [4.69, 9.17) is 4.52 Å². The van der Waals surface area contributed by atoms with Crippen LogP contribution in [0.4, 0.5) is 4.39 Å². The van der Waals surface area contributed by atoms with Gasteiger partial charge in [-0.05, 0) is 29.6 Å². The van der Waals surface area contributed by atoms with Crippen LogP contribution in [0.5, 0.6) is 0 Å². The van der Waals surface area contributed by atoms with Gasteiger partial charge in [0, 0.05) is 0 Å². The molecular weight excluding hydrogens is 284 g/mol. The number of halogens is 1. The Balaban J connectivity index is 2.92. The first-order valence-electron chi connectivity index (χ1n) is 6.23. The summed E-state index contributed by atoms with van der Waals surface area (Å²) in [5, 5.41) is 3.49. The van der Waals surface area contributed by atoms with Gasteiger partial charge in [-0.25, -0.2) is 8.96 Å². The molecule has 1 atom stereocenters. The maximum Gasteiger partial charge on any atom is 0.377 e. The van der Waals surface area contributed by atoms with Crippen molar-refractivity contribution < 1.29 is 23.2 Å². The summed E-state index contributed by atoms with van der Waals surface area (Å²) in [6, 6.07) is 5.68. The number of hydrogen-bond donors (Lipinski definition) is 1. The van der Waals surface area contributed by atoms with Gasteiger partial charge >= 0.3 is 7.60 Å². The van der Waals surface area contributed by atoms with Crippen LogP contribution in [0, 0.1) is 11.7 Å². The van der Waals surface area contributed by atoms with Crippen molar-refractivity contribution in [1.29, 1.82) is 0 Å². The quantitative estimate of drug-likeness (QED) is 0.378. The lowest BCUT2D eigenvalue weighted by Gasteiger charge is -2.15. The van der Waals surface area contributed by atoms with E-state index in [-0.39, 0.29) is 23.5 Å². The summed E-state index contributed by atoms with van der Waals surface area (Å²) in [6.07, 6.45) is 0.493. The molecule has 0 radical (unpaired) electrons. The van der Waals surface area contributed by atoms with Crippen LogP contribution in [0.2, 0.25) is 0 Å². The van der Waals surface area contributed by atoms with E-state index in [1.807, 2.05) is 13.8 Å². The molecule has 1 rings (SSSR count). The highest BCUT2D eigenvalue weighted by atomic mass is 31.2. The zero-order valence-electron chi connectivity index (χ0n) is 11.7. The van der Waals surface area contributed by atoms with E-state index in [1.165, 1.54) is 25.3 Å². The SMILES string of the molecule is CON=C(OP(=O)(O)CCC(C)C)c1ccccc1F. The Hall–Kier alpha value is -1.39. The number of rotatable bonds is 6. The molecule has 1 N–H and O–H groups in total. The van der Waals surface area contributed by atoms with Crippen molar-refractivity contribution in [3.8, 4) is 0 Å². The summed E-state index contributed by atoms with van der Waals surface area (Å²) < 4.78 is 30.6. The molecule has 0 spiro atoms. The molecule has 0 amide bonds. The zero-order valence-corrected chi connectivity index (χ0v) is 12.6. The van der Waals surface area contributed by atoms with Crippen molar-refractivity contribution in [2.24, 2.45) is 11.1 Å². The Labute approximate surface area is 117 Å². The second-order valence-electron chi connectivity index (χ2n) is 4.69. The molecule has 112 valence electrons. The fourth-order valence-corrected chi connectivity index (χ4v) is 2.77. The average Bonchev–Trinajstić information content (AvgIpc) is 2.36. The molecule has 0 heterocycles. The summed E-state index contributed by atoms with van der Waals surface area (Å²) in [4.78, 5) is 14.3. The molecule has 0 bridgehead atoms. The minimum atomic E-state index is -3.90. The third-order valence-corrected chi connectivity index (χ3v) is 3.78. The van der Waals surface area contributed by atoms with Crippen LogP contribution < -0.4 is 0 Å². The normalized spacial score (nSPS) is 15.0. The first-order chi connectivity index (χ1) is 9.35. The summed E-state index contributed by atoms with van der Waals surface area (Å²) >= 11 is 0. The molecule has 1 aromatic carbocycles. The Morgan fingerprint density at radius 2 is 2.10 bits per heavy atom. The molecule has 5 nitrogen and oxygen atoms in total. The standard InChI is InChI=1S/C13H19FNO4P/c1-10(2)8-9-20(16,17)19-13(15-18-3)11-6-4-5-7-12(11)14/h4-7,10H,8-9H2,1-3H3,(H,16,17). The van der Waals surface area contributed by atoms with E-state index in [0.29, 0.717) is 6.42 Å². The van der Waals surface area contributed by atoms with Crippen LogP contribution in [0.25, 0.3) is 0 Å². The van der Waals surface area contributed by atoms with Gasteiger partial charge in [0.2, 0.25) is 0 Å². The van der Waals surface area contributed by atoms with Gasteiger partial charge in [-0.2, -0.15) is 0 Å². The molecule has 0 saturated heterocycles. The molecule has 0 aliphatic rings. The smallest absolute Gasteiger partial charge is 0.377 e. The molecule has 0 saturated carbocycles. The Kier molecular flexibility index (Phi) is 6.17. The van der Waals surface area contributed by atoms with Crippen LogP contribution in [0.1, 0.15) is 25.8 Å². The summed E-state index contributed by atoms with van der Waals surface area (Å²) in [5.41, 5.74) is -0.0202. The highest BCUT2D eigenvalue weighted by Gasteiger charge is 2.25. The summed E-state index contributed by atoms with van der Waals surface area (Å²) in [5.74, 6) is -0.678. The Bertz CT molecular complexity index is 519. The molecule has 1 unspecified atom stereocenters. The van der Waals surface area contributed by atoms with Crippen LogP contribution in [-0.2, 0) is 13.9 Å². The predicted molar refractivity (Wildman–Crippen MR) is 75.2 cm³/mol. The van der Waals surface area contributed by atoms with Gasteiger partial charge in [-0.15, -0.1) is 0 Å². The van der Waals surface area contributed by atoms with Crippen molar-refractivity contribution in [3.05, 3.63) is 35.6 Å². The molecular formula is C13H19FNO4P. The predicted octanol–water partition coefficient (Wildman–Crippen LogP) is 3.38. The third-order valence-electron chi connectivity index (χ3n) is 2.50. The largest absolute Gasteiger partial charge is 0.402 e. The van der Waals surface area contributed by atoms with Gasteiger partial charge in [-0.1, -0.05) is 26.0 Å². The Morgan fingerprint density at radius 1 is 1.45 bits per heavy atom. The van der Waals surface area contributed by atoms with Gasteiger partial charge < -0.3 is 14.3 Å². The molecule has 0 aliphatic carbocycles. The first kappa shape index (κ1) is 16.7. The van der Waals surface area contributed by atoms with Gasteiger partial charge in [0.05, 0.1) is 11.7 Å². The fourth-order valence-electron chi connectivity index (χ4n) is 1.43. The molecule has 7 heteroatoms. The second kappa shape index (κ2) is 7.41. The highest BCUT2D eigenvalue weighted by molar-refractivity contribution is 7.53. The van der Waals surface area contributed by atoms with E-state index >= 15 is 0 Å². The molecule has 0 aliphatic heterocycles. The number of nitrogens with zero attached hydrogens (tertiary/aromatic N) is 1. The highest BCUT2D eigenvalue weighted by Crippen LogP contribution is 2.44. The minimum Gasteiger partial charge on any atom is -0.402 e. The monoisotopic (exact) mass is 303 g/mol. The molecule has 0 fully saturated rings. The second-order valence-corrected chi connectivity index (χ2v) is 6.60. The van der Waals surface area contributed by atoms with Gasteiger partial charge in [0.15, 0.2) is 0 Å². The van der Waals surface area contributed by atoms with Crippen LogP contribution in [0.15, 0.2) is 29.4 Å². The molecule has 0 aromatic heterocycles. The molecule has 20 heavy (non-hydrogen) atoms. The topological polar surface area (TPSA) is 68.1 Å². The van der Waals surface area contributed by atoms with Crippen molar-refractivity contribution >= 4 is 13.5 Å².